The number of esters is 1. The van der Waals surface area contributed by atoms with E-state index in [9.17, 15) is 24.1 Å². The summed E-state index contributed by atoms with van der Waals surface area (Å²) in [4.78, 5) is 34.1. The number of nitro groups is 1. The summed E-state index contributed by atoms with van der Waals surface area (Å²) in [6.45, 7) is 0. The summed E-state index contributed by atoms with van der Waals surface area (Å²) in [6.07, 6.45) is 0. The van der Waals surface area contributed by atoms with Crippen LogP contribution in [0, 0.1) is 15.9 Å². The fourth-order valence-electron chi connectivity index (χ4n) is 2.03. The normalized spacial score (nSPS) is 10.5. The summed E-state index contributed by atoms with van der Waals surface area (Å²) < 4.78 is 22.8. The first-order valence-electron chi connectivity index (χ1n) is 6.64. The molecular weight excluding hydrogens is 321 g/mol. The largest absolute Gasteiger partial charge is 0.423 e. The van der Waals surface area contributed by atoms with Gasteiger partial charge in [0, 0.05) is 17.5 Å². The fraction of sp³-hybridized carbons (Fsp3) is 0. The van der Waals surface area contributed by atoms with Crippen LogP contribution in [0.4, 0.5) is 10.1 Å². The molecule has 120 valence electrons. The van der Waals surface area contributed by atoms with E-state index in [0.29, 0.717) is 0 Å². The number of rotatable bonds is 3. The monoisotopic (exact) mass is 329 g/mol. The molecular formula is C16H8FNO6. The molecule has 0 aliphatic carbocycles. The second-order valence-corrected chi connectivity index (χ2v) is 4.77. The molecule has 3 rings (SSSR count). The van der Waals surface area contributed by atoms with Crippen molar-refractivity contribution in [1.29, 1.82) is 0 Å². The van der Waals surface area contributed by atoms with E-state index in [4.69, 9.17) is 9.15 Å². The van der Waals surface area contributed by atoms with Crippen LogP contribution in [0.5, 0.6) is 5.75 Å². The zero-order valence-electron chi connectivity index (χ0n) is 11.9. The van der Waals surface area contributed by atoms with E-state index >= 15 is 0 Å². The predicted molar refractivity (Wildman–Crippen MR) is 80.5 cm³/mol. The Labute approximate surface area is 133 Å². The third-order valence-corrected chi connectivity index (χ3v) is 3.17. The SMILES string of the molecule is O=C(Oc1ccc(F)cc1)c1cc2cc([N+](=O)[O-])ccc2oc1=O. The summed E-state index contributed by atoms with van der Waals surface area (Å²) in [7, 11) is 0. The average molecular weight is 329 g/mol. The number of carbonyl (C=O) groups excluding carboxylic acids is 1. The third kappa shape index (κ3) is 2.98. The summed E-state index contributed by atoms with van der Waals surface area (Å²) >= 11 is 0. The molecule has 1 aromatic heterocycles. The minimum absolute atomic E-state index is 0.0416. The molecule has 0 amide bonds. The lowest BCUT2D eigenvalue weighted by molar-refractivity contribution is -0.384. The van der Waals surface area contributed by atoms with Gasteiger partial charge in [-0.05, 0) is 36.4 Å². The molecule has 0 spiro atoms. The lowest BCUT2D eigenvalue weighted by Crippen LogP contribution is -2.18. The van der Waals surface area contributed by atoms with Crippen LogP contribution in [0.15, 0.2) is 57.7 Å². The Morgan fingerprint density at radius 1 is 1.12 bits per heavy atom. The van der Waals surface area contributed by atoms with E-state index in [-0.39, 0.29) is 22.4 Å². The Balaban J connectivity index is 1.99. The van der Waals surface area contributed by atoms with Gasteiger partial charge in [0.1, 0.15) is 22.7 Å². The first-order chi connectivity index (χ1) is 11.4. The van der Waals surface area contributed by atoms with Crippen molar-refractivity contribution < 1.29 is 23.3 Å². The number of fused-ring (bicyclic) bond motifs is 1. The molecule has 24 heavy (non-hydrogen) atoms. The number of ether oxygens (including phenoxy) is 1. The van der Waals surface area contributed by atoms with Gasteiger partial charge in [0.05, 0.1) is 4.92 Å². The van der Waals surface area contributed by atoms with Gasteiger partial charge in [0.2, 0.25) is 0 Å². The van der Waals surface area contributed by atoms with E-state index in [1.165, 1.54) is 30.3 Å². The van der Waals surface area contributed by atoms with E-state index in [0.717, 1.165) is 18.2 Å². The van der Waals surface area contributed by atoms with E-state index in [1.54, 1.807) is 0 Å². The molecule has 2 aromatic carbocycles. The van der Waals surface area contributed by atoms with Gasteiger partial charge >= 0.3 is 11.6 Å². The maximum Gasteiger partial charge on any atom is 0.351 e. The van der Waals surface area contributed by atoms with Crippen molar-refractivity contribution in [2.75, 3.05) is 0 Å². The molecule has 0 fully saturated rings. The summed E-state index contributed by atoms with van der Waals surface area (Å²) in [5.74, 6) is -1.48. The van der Waals surface area contributed by atoms with Crippen molar-refractivity contribution in [2.24, 2.45) is 0 Å². The first-order valence-corrected chi connectivity index (χ1v) is 6.64. The number of carbonyl (C=O) groups is 1. The highest BCUT2D eigenvalue weighted by molar-refractivity contribution is 5.94. The van der Waals surface area contributed by atoms with E-state index in [2.05, 4.69) is 0 Å². The Bertz CT molecular complexity index is 1010. The lowest BCUT2D eigenvalue weighted by Gasteiger charge is -2.04. The number of nitrogens with zero attached hydrogens (tertiary/aromatic N) is 1. The average Bonchev–Trinajstić information content (AvgIpc) is 2.55. The van der Waals surface area contributed by atoms with Gasteiger partial charge in [-0.1, -0.05) is 0 Å². The molecule has 0 bridgehead atoms. The Morgan fingerprint density at radius 3 is 2.50 bits per heavy atom. The third-order valence-electron chi connectivity index (χ3n) is 3.17. The molecule has 0 saturated carbocycles. The Morgan fingerprint density at radius 2 is 1.83 bits per heavy atom. The number of benzene rings is 2. The molecule has 7 nitrogen and oxygen atoms in total. The van der Waals surface area contributed by atoms with Gasteiger partial charge in [-0.25, -0.2) is 14.0 Å². The van der Waals surface area contributed by atoms with Crippen molar-refractivity contribution >= 4 is 22.6 Å². The lowest BCUT2D eigenvalue weighted by atomic mass is 10.1. The molecule has 0 aliphatic rings. The van der Waals surface area contributed by atoms with Gasteiger partial charge in [0.25, 0.3) is 5.69 Å². The molecule has 0 N–H and O–H groups in total. The van der Waals surface area contributed by atoms with Gasteiger partial charge < -0.3 is 9.15 Å². The number of hydrogen-bond acceptors (Lipinski definition) is 6. The number of nitro benzene ring substituents is 1. The van der Waals surface area contributed by atoms with Crippen molar-refractivity contribution in [3.8, 4) is 5.75 Å². The minimum Gasteiger partial charge on any atom is -0.423 e. The zero-order valence-corrected chi connectivity index (χ0v) is 11.9. The van der Waals surface area contributed by atoms with Gasteiger partial charge in [-0.3, -0.25) is 10.1 Å². The second-order valence-electron chi connectivity index (χ2n) is 4.77. The number of halogens is 1. The summed E-state index contributed by atoms with van der Waals surface area (Å²) in [5, 5.41) is 11.0. The summed E-state index contributed by atoms with van der Waals surface area (Å²) in [6, 6.07) is 9.41. The Hall–Kier alpha value is -3.55. The van der Waals surface area contributed by atoms with Crippen LogP contribution in [0.2, 0.25) is 0 Å². The first kappa shape index (κ1) is 15.3. The predicted octanol–water partition coefficient (Wildman–Crippen LogP) is 3.06. The van der Waals surface area contributed by atoms with Crippen molar-refractivity contribution in [1.82, 2.24) is 0 Å². The van der Waals surface area contributed by atoms with Crippen molar-refractivity contribution in [3.05, 3.63) is 80.4 Å². The highest BCUT2D eigenvalue weighted by Gasteiger charge is 2.17. The molecule has 1 heterocycles. The topological polar surface area (TPSA) is 99.7 Å². The van der Waals surface area contributed by atoms with Crippen LogP contribution >= 0.6 is 0 Å². The van der Waals surface area contributed by atoms with E-state index in [1.807, 2.05) is 0 Å². The van der Waals surface area contributed by atoms with Gasteiger partial charge in [-0.2, -0.15) is 0 Å². The van der Waals surface area contributed by atoms with Crippen LogP contribution in [0.25, 0.3) is 11.0 Å². The number of hydrogen-bond donors (Lipinski definition) is 0. The van der Waals surface area contributed by atoms with Crippen LogP contribution in [0.3, 0.4) is 0 Å². The van der Waals surface area contributed by atoms with E-state index < -0.39 is 27.9 Å². The smallest absolute Gasteiger partial charge is 0.351 e. The van der Waals surface area contributed by atoms with Crippen molar-refractivity contribution in [3.63, 3.8) is 0 Å². The molecule has 0 atom stereocenters. The second kappa shape index (κ2) is 5.92. The van der Waals surface area contributed by atoms with Crippen LogP contribution < -0.4 is 10.4 Å². The quantitative estimate of drug-likeness (QED) is 0.241. The summed E-state index contributed by atoms with van der Waals surface area (Å²) in [5.41, 5.74) is -1.48. The molecule has 0 saturated heterocycles. The molecule has 0 unspecified atom stereocenters. The number of non-ortho nitro benzene ring substituents is 1. The van der Waals surface area contributed by atoms with Gasteiger partial charge in [-0.15, -0.1) is 0 Å². The van der Waals surface area contributed by atoms with Gasteiger partial charge in [0.15, 0.2) is 0 Å². The fourth-order valence-corrected chi connectivity index (χ4v) is 2.03. The zero-order chi connectivity index (χ0) is 17.3. The van der Waals surface area contributed by atoms with Crippen LogP contribution in [0.1, 0.15) is 10.4 Å². The maximum atomic E-state index is 12.8. The minimum atomic E-state index is -1.01. The maximum absolute atomic E-state index is 12.8. The highest BCUT2D eigenvalue weighted by Crippen LogP contribution is 2.21. The molecule has 0 radical (unpaired) electrons. The molecule has 0 aliphatic heterocycles. The molecule has 3 aromatic rings. The Kier molecular flexibility index (Phi) is 3.78. The highest BCUT2D eigenvalue weighted by atomic mass is 19.1. The van der Waals surface area contributed by atoms with Crippen molar-refractivity contribution in [2.45, 2.75) is 0 Å². The van der Waals surface area contributed by atoms with Crippen LogP contribution in [-0.2, 0) is 0 Å². The molecule has 8 heteroatoms. The van der Waals surface area contributed by atoms with Crippen LogP contribution in [-0.4, -0.2) is 10.9 Å². The standard InChI is InChI=1S/C16H8FNO6/c17-10-1-4-12(5-2-10)23-15(19)13-8-9-7-11(18(21)22)3-6-14(9)24-16(13)20/h1-8H.